The van der Waals surface area contributed by atoms with Crippen molar-refractivity contribution in [3.05, 3.63) is 60.4 Å². The van der Waals surface area contributed by atoms with Crippen LogP contribution in [0.4, 0.5) is 4.39 Å². The maximum Gasteiger partial charge on any atom is 0.244 e. The number of aromatic nitrogens is 2. The van der Waals surface area contributed by atoms with E-state index >= 15 is 0 Å². The molecule has 0 atom stereocenters. The molecule has 0 bridgehead atoms. The van der Waals surface area contributed by atoms with E-state index in [1.54, 1.807) is 30.7 Å². The number of imidazole rings is 1. The van der Waals surface area contributed by atoms with Crippen LogP contribution in [0, 0.1) is 5.82 Å². The Morgan fingerprint density at radius 1 is 1.38 bits per heavy atom. The first-order chi connectivity index (χ1) is 9.75. The molecule has 0 aliphatic carbocycles. The summed E-state index contributed by atoms with van der Waals surface area (Å²) in [5, 5.41) is 2.75. The summed E-state index contributed by atoms with van der Waals surface area (Å²) in [6.45, 7) is 1.37. The van der Waals surface area contributed by atoms with Gasteiger partial charge >= 0.3 is 0 Å². The molecule has 0 unspecified atom stereocenters. The lowest BCUT2D eigenvalue weighted by Crippen LogP contribution is -2.23. The van der Waals surface area contributed by atoms with Gasteiger partial charge in [0.2, 0.25) is 5.91 Å². The van der Waals surface area contributed by atoms with E-state index in [0.29, 0.717) is 12.1 Å². The van der Waals surface area contributed by atoms with E-state index < -0.39 is 0 Å². The maximum absolute atomic E-state index is 13.3. The molecule has 21 heavy (non-hydrogen) atoms. The van der Waals surface area contributed by atoms with Crippen molar-refractivity contribution in [2.24, 2.45) is 0 Å². The number of nitrogens with zero attached hydrogens (tertiary/aromatic N) is 2. The number of carbonyl (C=O) groups is 1. The van der Waals surface area contributed by atoms with Crippen LogP contribution in [-0.2, 0) is 11.3 Å². The Labute approximate surface area is 129 Å². The highest BCUT2D eigenvalue weighted by Crippen LogP contribution is 2.07. The Kier molecular flexibility index (Phi) is 7.18. The molecule has 1 aromatic heterocycles. The molecule has 6 heteroatoms. The first-order valence-electron chi connectivity index (χ1n) is 6.42. The number of aryl methyl sites for hydroxylation is 1. The maximum atomic E-state index is 13.3. The number of hydrogen-bond acceptors (Lipinski definition) is 2. The first kappa shape index (κ1) is 16.9. The first-order valence-corrected chi connectivity index (χ1v) is 6.42. The number of benzene rings is 1. The molecule has 4 nitrogen and oxygen atoms in total. The van der Waals surface area contributed by atoms with Crippen LogP contribution in [0.15, 0.2) is 49.1 Å². The third kappa shape index (κ3) is 5.79. The van der Waals surface area contributed by atoms with Crippen molar-refractivity contribution in [3.8, 4) is 0 Å². The van der Waals surface area contributed by atoms with E-state index in [4.69, 9.17) is 0 Å². The summed E-state index contributed by atoms with van der Waals surface area (Å²) in [4.78, 5) is 15.5. The number of halogens is 2. The zero-order valence-electron chi connectivity index (χ0n) is 11.4. The van der Waals surface area contributed by atoms with Gasteiger partial charge in [-0.3, -0.25) is 4.79 Å². The van der Waals surface area contributed by atoms with Gasteiger partial charge < -0.3 is 9.88 Å². The van der Waals surface area contributed by atoms with Crippen molar-refractivity contribution in [1.29, 1.82) is 0 Å². The minimum atomic E-state index is -0.336. The highest BCUT2D eigenvalue weighted by molar-refractivity contribution is 5.91. The van der Waals surface area contributed by atoms with Gasteiger partial charge in [-0.15, -0.1) is 12.4 Å². The molecule has 1 amide bonds. The smallest absolute Gasteiger partial charge is 0.244 e. The summed E-state index contributed by atoms with van der Waals surface area (Å²) < 4.78 is 15.3. The fourth-order valence-electron chi connectivity index (χ4n) is 1.73. The Bertz CT molecular complexity index is 584. The third-order valence-corrected chi connectivity index (χ3v) is 2.77. The summed E-state index contributed by atoms with van der Waals surface area (Å²) in [6.07, 6.45) is 8.96. The predicted molar refractivity (Wildman–Crippen MR) is 82.5 cm³/mol. The predicted octanol–water partition coefficient (Wildman–Crippen LogP) is 2.66. The average Bonchev–Trinajstić information content (AvgIpc) is 2.96. The van der Waals surface area contributed by atoms with Crippen LogP contribution in [0.2, 0.25) is 0 Å². The second-order valence-corrected chi connectivity index (χ2v) is 4.30. The summed E-state index contributed by atoms with van der Waals surface area (Å²) in [6, 6.07) is 6.33. The van der Waals surface area contributed by atoms with E-state index in [1.807, 2.05) is 10.8 Å². The van der Waals surface area contributed by atoms with Crippen molar-refractivity contribution in [1.82, 2.24) is 14.9 Å². The van der Waals surface area contributed by atoms with Crippen LogP contribution in [0.25, 0.3) is 6.08 Å². The zero-order valence-corrected chi connectivity index (χ0v) is 12.2. The Morgan fingerprint density at radius 2 is 2.19 bits per heavy atom. The van der Waals surface area contributed by atoms with Crippen LogP contribution >= 0.6 is 12.4 Å². The number of amides is 1. The van der Waals surface area contributed by atoms with Crippen LogP contribution in [0.5, 0.6) is 0 Å². The quantitative estimate of drug-likeness (QED) is 0.659. The monoisotopic (exact) mass is 309 g/mol. The van der Waals surface area contributed by atoms with Crippen LogP contribution in [0.1, 0.15) is 12.0 Å². The summed E-state index contributed by atoms with van der Waals surface area (Å²) >= 11 is 0. The molecule has 2 aromatic rings. The van der Waals surface area contributed by atoms with E-state index in [-0.39, 0.29) is 24.1 Å². The van der Waals surface area contributed by atoms with E-state index in [9.17, 15) is 9.18 Å². The largest absolute Gasteiger partial charge is 0.352 e. The summed E-state index contributed by atoms with van der Waals surface area (Å²) in [7, 11) is 0. The minimum Gasteiger partial charge on any atom is -0.352 e. The number of nitrogens with one attached hydrogen (secondary N) is 1. The third-order valence-electron chi connectivity index (χ3n) is 2.77. The average molecular weight is 310 g/mol. The zero-order chi connectivity index (χ0) is 14.2. The van der Waals surface area contributed by atoms with Crippen molar-refractivity contribution in [2.75, 3.05) is 6.54 Å². The summed E-state index contributed by atoms with van der Waals surface area (Å²) in [5.74, 6) is -0.560. The molecular weight excluding hydrogens is 293 g/mol. The lowest BCUT2D eigenvalue weighted by Gasteiger charge is -2.03. The summed E-state index contributed by atoms with van der Waals surface area (Å²) in [5.41, 5.74) is 0.404. The molecule has 0 radical (unpaired) electrons. The van der Waals surface area contributed by atoms with Crippen LogP contribution < -0.4 is 5.32 Å². The van der Waals surface area contributed by atoms with Gasteiger partial charge in [0.1, 0.15) is 5.82 Å². The molecular formula is C15H17ClFN3O. The molecule has 0 fully saturated rings. The molecule has 2 rings (SSSR count). The number of hydrogen-bond donors (Lipinski definition) is 1. The van der Waals surface area contributed by atoms with Gasteiger partial charge in [-0.1, -0.05) is 18.2 Å². The molecule has 1 aromatic carbocycles. The van der Waals surface area contributed by atoms with Crippen molar-refractivity contribution in [2.45, 2.75) is 13.0 Å². The molecule has 0 saturated heterocycles. The Hall–Kier alpha value is -2.14. The standard InChI is InChI=1S/C15H16FN3O.ClH/c16-14-5-2-1-4-13(14)6-7-15(20)18-8-3-10-19-11-9-17-12-19;/h1-2,4-7,9,11-12H,3,8,10H2,(H,18,20);1H. The molecule has 112 valence electrons. The van der Waals surface area contributed by atoms with Crippen molar-refractivity contribution < 1.29 is 9.18 Å². The van der Waals surface area contributed by atoms with Crippen molar-refractivity contribution >= 4 is 24.4 Å². The molecule has 0 aliphatic heterocycles. The van der Waals surface area contributed by atoms with E-state index in [0.717, 1.165) is 13.0 Å². The van der Waals surface area contributed by atoms with Crippen LogP contribution in [-0.4, -0.2) is 22.0 Å². The fourth-order valence-corrected chi connectivity index (χ4v) is 1.73. The second-order valence-electron chi connectivity index (χ2n) is 4.30. The van der Waals surface area contributed by atoms with Gasteiger partial charge in [-0.25, -0.2) is 9.37 Å². The SMILES string of the molecule is Cl.O=C(C=Cc1ccccc1F)NCCCn1ccnc1. The van der Waals surface area contributed by atoms with Gasteiger partial charge in [-0.2, -0.15) is 0 Å². The Morgan fingerprint density at radius 3 is 2.90 bits per heavy atom. The van der Waals surface area contributed by atoms with Gasteiger partial charge in [0.15, 0.2) is 0 Å². The number of rotatable bonds is 6. The molecule has 0 spiro atoms. The number of carbonyl (C=O) groups excluding carboxylic acids is 1. The lowest BCUT2D eigenvalue weighted by molar-refractivity contribution is -0.116. The van der Waals surface area contributed by atoms with Gasteiger partial charge in [0.05, 0.1) is 6.33 Å². The lowest BCUT2D eigenvalue weighted by atomic mass is 10.2. The fraction of sp³-hybridized carbons (Fsp3) is 0.200. The normalized spacial score (nSPS) is 10.3. The Balaban J connectivity index is 0.00000220. The van der Waals surface area contributed by atoms with E-state index in [2.05, 4.69) is 10.3 Å². The topological polar surface area (TPSA) is 46.9 Å². The molecule has 0 saturated carbocycles. The van der Waals surface area contributed by atoms with Gasteiger partial charge in [-0.05, 0) is 18.6 Å². The second kappa shape index (κ2) is 8.92. The molecule has 0 aliphatic rings. The molecule has 1 heterocycles. The minimum absolute atomic E-state index is 0. The highest BCUT2D eigenvalue weighted by Gasteiger charge is 1.98. The van der Waals surface area contributed by atoms with Crippen LogP contribution in [0.3, 0.4) is 0 Å². The van der Waals surface area contributed by atoms with Crippen molar-refractivity contribution in [3.63, 3.8) is 0 Å². The van der Waals surface area contributed by atoms with E-state index in [1.165, 1.54) is 18.2 Å². The van der Waals surface area contributed by atoms with Gasteiger partial charge in [0.25, 0.3) is 0 Å². The molecule has 1 N–H and O–H groups in total. The van der Waals surface area contributed by atoms with Gasteiger partial charge in [0, 0.05) is 37.1 Å². The highest BCUT2D eigenvalue weighted by atomic mass is 35.5.